The topological polar surface area (TPSA) is 88.6 Å². The van der Waals surface area contributed by atoms with Crippen molar-refractivity contribution >= 4 is 25.6 Å². The summed E-state index contributed by atoms with van der Waals surface area (Å²) in [5, 5.41) is -1.33. The lowest BCUT2D eigenvalue weighted by Crippen LogP contribution is -2.22. The fourth-order valence-corrected chi connectivity index (χ4v) is 5.52. The third-order valence-electron chi connectivity index (χ3n) is 3.95. The number of hydrogen-bond donors (Lipinski definition) is 0. The van der Waals surface area contributed by atoms with Crippen molar-refractivity contribution in [3.8, 4) is 0 Å². The fraction of sp³-hybridized carbons (Fsp3) is 0.188. The molecule has 1 heterocycles. The maximum absolute atomic E-state index is 12.7. The first-order valence-corrected chi connectivity index (χ1v) is 10.1. The molecule has 2 aromatic rings. The van der Waals surface area contributed by atoms with Gasteiger partial charge in [-0.1, -0.05) is 30.3 Å². The van der Waals surface area contributed by atoms with Gasteiger partial charge in [0.25, 0.3) is 0 Å². The number of nitrogens with zero attached hydrogens (tertiary/aromatic N) is 1. The van der Waals surface area contributed by atoms with E-state index in [1.165, 1.54) is 26.2 Å². The molecule has 0 aliphatic carbocycles. The van der Waals surface area contributed by atoms with Gasteiger partial charge in [-0.15, -0.1) is 0 Å². The van der Waals surface area contributed by atoms with Gasteiger partial charge >= 0.3 is 0 Å². The Balaban J connectivity index is 2.20. The van der Waals surface area contributed by atoms with Crippen molar-refractivity contribution in [1.29, 1.82) is 0 Å². The van der Waals surface area contributed by atoms with E-state index in [0.717, 1.165) is 10.4 Å². The quantitative estimate of drug-likeness (QED) is 0.825. The molecule has 0 radical (unpaired) electrons. The van der Waals surface area contributed by atoms with Gasteiger partial charge in [0.2, 0.25) is 10.0 Å². The van der Waals surface area contributed by atoms with E-state index in [1.54, 1.807) is 30.3 Å². The van der Waals surface area contributed by atoms with Gasteiger partial charge in [-0.05, 0) is 23.8 Å². The minimum absolute atomic E-state index is 0.0771. The Kier molecular flexibility index (Phi) is 3.86. The highest BCUT2D eigenvalue weighted by molar-refractivity contribution is 7.93. The molecule has 0 saturated heterocycles. The summed E-state index contributed by atoms with van der Waals surface area (Å²) in [6.45, 7) is 0. The molecule has 1 aliphatic rings. The second kappa shape index (κ2) is 5.51. The van der Waals surface area contributed by atoms with Gasteiger partial charge in [0.15, 0.2) is 20.9 Å². The van der Waals surface area contributed by atoms with Gasteiger partial charge in [-0.3, -0.25) is 4.79 Å². The zero-order chi connectivity index (χ0) is 17.7. The molecule has 2 aromatic carbocycles. The number of sulfone groups is 1. The Morgan fingerprint density at radius 2 is 1.62 bits per heavy atom. The SMILES string of the molecule is CN(C)S(=O)(=O)c1ccc2c(c1)C(=O)C(c1ccccc1)S2(=O)=O. The molecule has 6 nitrogen and oxygen atoms in total. The van der Waals surface area contributed by atoms with Crippen LogP contribution >= 0.6 is 0 Å². The lowest BCUT2D eigenvalue weighted by molar-refractivity contribution is 0.0990. The first-order valence-electron chi connectivity index (χ1n) is 7.07. The summed E-state index contributed by atoms with van der Waals surface area (Å²) in [4.78, 5) is 12.4. The number of Topliss-reactive ketones (excluding diaryl/α,β-unsaturated/α-hetero) is 1. The number of rotatable bonds is 3. The smallest absolute Gasteiger partial charge is 0.242 e. The normalized spacial score (nSPS) is 19.5. The zero-order valence-electron chi connectivity index (χ0n) is 13.0. The summed E-state index contributed by atoms with van der Waals surface area (Å²) < 4.78 is 50.9. The van der Waals surface area contributed by atoms with E-state index in [1.807, 2.05) is 0 Å². The van der Waals surface area contributed by atoms with Crippen LogP contribution in [0, 0.1) is 0 Å². The van der Waals surface area contributed by atoms with Gasteiger partial charge in [0.1, 0.15) is 0 Å². The predicted octanol–water partition coefficient (Wildman–Crippen LogP) is 1.65. The van der Waals surface area contributed by atoms with E-state index < -0.39 is 30.9 Å². The molecular weight excluding hydrogens is 350 g/mol. The summed E-state index contributed by atoms with van der Waals surface area (Å²) in [5.74, 6) is -0.605. The van der Waals surface area contributed by atoms with Crippen LogP contribution in [0.4, 0.5) is 0 Å². The summed E-state index contributed by atoms with van der Waals surface area (Å²) in [5.41, 5.74) is 0.294. The summed E-state index contributed by atoms with van der Waals surface area (Å²) in [6, 6.07) is 11.7. The van der Waals surface area contributed by atoms with Gasteiger partial charge < -0.3 is 0 Å². The Morgan fingerprint density at radius 3 is 2.21 bits per heavy atom. The van der Waals surface area contributed by atoms with Crippen LogP contribution in [0.5, 0.6) is 0 Å². The number of sulfonamides is 1. The van der Waals surface area contributed by atoms with E-state index in [2.05, 4.69) is 0 Å². The number of hydrogen-bond acceptors (Lipinski definition) is 5. The Bertz CT molecular complexity index is 1030. The van der Waals surface area contributed by atoms with Crippen LogP contribution in [-0.4, -0.2) is 41.0 Å². The standard InChI is InChI=1S/C16H15NO5S2/c1-17(2)24(21,22)12-8-9-14-13(10-12)15(18)16(23(14,19)20)11-6-4-3-5-7-11/h3-10,16H,1-2H3. The largest absolute Gasteiger partial charge is 0.292 e. The molecule has 0 bridgehead atoms. The molecule has 126 valence electrons. The minimum Gasteiger partial charge on any atom is -0.292 e. The molecule has 8 heteroatoms. The number of carbonyl (C=O) groups excluding carboxylic acids is 1. The number of carbonyl (C=O) groups is 1. The molecule has 0 spiro atoms. The zero-order valence-corrected chi connectivity index (χ0v) is 14.6. The average Bonchev–Trinajstić information content (AvgIpc) is 2.74. The van der Waals surface area contributed by atoms with Gasteiger partial charge in [0, 0.05) is 19.7 Å². The summed E-state index contributed by atoms with van der Waals surface area (Å²) in [7, 11) is -4.91. The lowest BCUT2D eigenvalue weighted by atomic mass is 10.0. The van der Waals surface area contributed by atoms with Crippen molar-refractivity contribution in [2.45, 2.75) is 15.0 Å². The molecule has 1 unspecified atom stereocenters. The summed E-state index contributed by atoms with van der Waals surface area (Å²) >= 11 is 0. The fourth-order valence-electron chi connectivity index (χ4n) is 2.69. The molecule has 0 aromatic heterocycles. The second-order valence-corrected chi connectivity index (χ2v) is 9.80. The van der Waals surface area contributed by atoms with Gasteiger partial charge in [-0.2, -0.15) is 0 Å². The van der Waals surface area contributed by atoms with Crippen molar-refractivity contribution in [3.05, 3.63) is 59.7 Å². The van der Waals surface area contributed by atoms with Gasteiger partial charge in [0.05, 0.1) is 9.79 Å². The van der Waals surface area contributed by atoms with Crippen molar-refractivity contribution in [2.24, 2.45) is 0 Å². The van der Waals surface area contributed by atoms with E-state index >= 15 is 0 Å². The van der Waals surface area contributed by atoms with Crippen LogP contribution in [0.1, 0.15) is 21.2 Å². The average molecular weight is 365 g/mol. The predicted molar refractivity (Wildman–Crippen MR) is 88.0 cm³/mol. The number of ketones is 1. The number of fused-ring (bicyclic) bond motifs is 1. The van der Waals surface area contributed by atoms with Crippen LogP contribution in [-0.2, 0) is 19.9 Å². The van der Waals surface area contributed by atoms with E-state index in [0.29, 0.717) is 5.56 Å². The van der Waals surface area contributed by atoms with E-state index in [4.69, 9.17) is 0 Å². The highest BCUT2D eigenvalue weighted by Crippen LogP contribution is 2.41. The molecule has 0 amide bonds. The third-order valence-corrected chi connectivity index (χ3v) is 7.84. The van der Waals surface area contributed by atoms with Crippen LogP contribution in [0.15, 0.2) is 58.3 Å². The first-order chi connectivity index (χ1) is 11.2. The van der Waals surface area contributed by atoms with Crippen molar-refractivity contribution in [1.82, 2.24) is 4.31 Å². The summed E-state index contributed by atoms with van der Waals surface area (Å²) in [6.07, 6.45) is 0. The Hall–Kier alpha value is -2.03. The number of benzene rings is 2. The van der Waals surface area contributed by atoms with Crippen molar-refractivity contribution in [3.63, 3.8) is 0 Å². The Labute approximate surface area is 140 Å². The molecule has 0 fully saturated rings. The van der Waals surface area contributed by atoms with Crippen LogP contribution in [0.3, 0.4) is 0 Å². The van der Waals surface area contributed by atoms with Crippen molar-refractivity contribution < 1.29 is 21.6 Å². The molecule has 0 N–H and O–H groups in total. The van der Waals surface area contributed by atoms with Crippen LogP contribution in [0.25, 0.3) is 0 Å². The second-order valence-electron chi connectivity index (χ2n) is 5.65. The Morgan fingerprint density at radius 1 is 1.00 bits per heavy atom. The minimum atomic E-state index is -3.89. The third kappa shape index (κ3) is 2.38. The van der Waals surface area contributed by atoms with E-state index in [9.17, 15) is 21.6 Å². The molecule has 3 rings (SSSR count). The molecular formula is C16H15NO5S2. The first kappa shape index (κ1) is 16.8. The molecule has 1 atom stereocenters. The lowest BCUT2D eigenvalue weighted by Gasteiger charge is -2.11. The molecule has 0 saturated carbocycles. The highest BCUT2D eigenvalue weighted by atomic mass is 32.2. The van der Waals surface area contributed by atoms with Crippen LogP contribution < -0.4 is 0 Å². The maximum atomic E-state index is 12.7. The van der Waals surface area contributed by atoms with Crippen molar-refractivity contribution in [2.75, 3.05) is 14.1 Å². The molecule has 1 aliphatic heterocycles. The van der Waals surface area contributed by atoms with Crippen LogP contribution in [0.2, 0.25) is 0 Å². The van der Waals surface area contributed by atoms with E-state index in [-0.39, 0.29) is 15.4 Å². The van der Waals surface area contributed by atoms with Gasteiger partial charge in [-0.25, -0.2) is 21.1 Å². The highest BCUT2D eigenvalue weighted by Gasteiger charge is 2.45. The molecule has 24 heavy (non-hydrogen) atoms. The maximum Gasteiger partial charge on any atom is 0.242 e. The monoisotopic (exact) mass is 365 g/mol.